The standard InChI is InChI=1S/C14H16N2O3/c1-14(2,8-17)16-13(19)10-7-15-11-6-4-3-5-9(11)12(10)18/h3-7,17H,8H2,1-2H3,(H,15,18)(H,16,19). The zero-order valence-electron chi connectivity index (χ0n) is 10.9. The van der Waals surface area contributed by atoms with E-state index in [0.717, 1.165) is 0 Å². The predicted octanol–water partition coefficient (Wildman–Crippen LogP) is 1.03. The molecule has 19 heavy (non-hydrogen) atoms. The van der Waals surface area contributed by atoms with Crippen LogP contribution in [0.2, 0.25) is 0 Å². The van der Waals surface area contributed by atoms with Crippen LogP contribution >= 0.6 is 0 Å². The first-order valence-electron chi connectivity index (χ1n) is 5.98. The van der Waals surface area contributed by atoms with Crippen molar-refractivity contribution in [3.63, 3.8) is 0 Å². The van der Waals surface area contributed by atoms with Crippen LogP contribution in [0.5, 0.6) is 0 Å². The highest BCUT2D eigenvalue weighted by Crippen LogP contribution is 2.08. The fourth-order valence-electron chi connectivity index (χ4n) is 1.75. The number of aliphatic hydroxyl groups is 1. The van der Waals surface area contributed by atoms with Crippen LogP contribution in [0, 0.1) is 0 Å². The fourth-order valence-corrected chi connectivity index (χ4v) is 1.75. The van der Waals surface area contributed by atoms with Gasteiger partial charge in [0, 0.05) is 17.1 Å². The minimum absolute atomic E-state index is 0.0419. The minimum atomic E-state index is -0.769. The summed E-state index contributed by atoms with van der Waals surface area (Å²) in [7, 11) is 0. The Morgan fingerprint density at radius 1 is 1.37 bits per heavy atom. The first kappa shape index (κ1) is 13.3. The Hall–Kier alpha value is -2.14. The van der Waals surface area contributed by atoms with Crippen LogP contribution in [-0.2, 0) is 0 Å². The minimum Gasteiger partial charge on any atom is -0.394 e. The number of rotatable bonds is 3. The third-order valence-electron chi connectivity index (χ3n) is 2.88. The summed E-state index contributed by atoms with van der Waals surface area (Å²) in [5, 5.41) is 12.2. The summed E-state index contributed by atoms with van der Waals surface area (Å²) in [6.07, 6.45) is 1.40. The highest BCUT2D eigenvalue weighted by atomic mass is 16.3. The van der Waals surface area contributed by atoms with Crippen LogP contribution in [-0.4, -0.2) is 28.1 Å². The second-order valence-corrected chi connectivity index (χ2v) is 5.07. The van der Waals surface area contributed by atoms with Gasteiger partial charge in [0.1, 0.15) is 5.56 Å². The van der Waals surface area contributed by atoms with Gasteiger partial charge in [-0.15, -0.1) is 0 Å². The molecule has 0 saturated heterocycles. The summed E-state index contributed by atoms with van der Waals surface area (Å²) in [4.78, 5) is 27.2. The molecule has 1 heterocycles. The monoisotopic (exact) mass is 260 g/mol. The molecule has 3 N–H and O–H groups in total. The van der Waals surface area contributed by atoms with Crippen molar-refractivity contribution in [3.8, 4) is 0 Å². The molecule has 0 saturated carbocycles. The number of aromatic amines is 1. The van der Waals surface area contributed by atoms with Gasteiger partial charge in [-0.25, -0.2) is 0 Å². The van der Waals surface area contributed by atoms with Crippen LogP contribution in [0.25, 0.3) is 10.9 Å². The number of carbonyl (C=O) groups excluding carboxylic acids is 1. The van der Waals surface area contributed by atoms with Crippen molar-refractivity contribution in [1.29, 1.82) is 0 Å². The Labute approximate surface area is 110 Å². The van der Waals surface area contributed by atoms with Crippen molar-refractivity contribution in [3.05, 3.63) is 46.2 Å². The molecule has 2 aromatic rings. The Kier molecular flexibility index (Phi) is 3.40. The van der Waals surface area contributed by atoms with Crippen LogP contribution in [0.3, 0.4) is 0 Å². The molecule has 0 aliphatic heterocycles. The second-order valence-electron chi connectivity index (χ2n) is 5.07. The lowest BCUT2D eigenvalue weighted by atomic mass is 10.1. The number of hydrogen-bond donors (Lipinski definition) is 3. The van der Waals surface area contributed by atoms with Gasteiger partial charge in [0.25, 0.3) is 5.91 Å². The number of aromatic nitrogens is 1. The van der Waals surface area contributed by atoms with Crippen molar-refractivity contribution < 1.29 is 9.90 Å². The van der Waals surface area contributed by atoms with Crippen LogP contribution in [0.1, 0.15) is 24.2 Å². The molecule has 5 nitrogen and oxygen atoms in total. The maximum atomic E-state index is 12.2. The van der Waals surface area contributed by atoms with E-state index in [0.29, 0.717) is 10.9 Å². The van der Waals surface area contributed by atoms with E-state index in [1.54, 1.807) is 32.0 Å². The quantitative estimate of drug-likeness (QED) is 0.770. The summed E-state index contributed by atoms with van der Waals surface area (Å²) in [5.41, 5.74) is -0.360. The molecule has 0 spiro atoms. The van der Waals surface area contributed by atoms with E-state index in [2.05, 4.69) is 10.3 Å². The third kappa shape index (κ3) is 2.66. The third-order valence-corrected chi connectivity index (χ3v) is 2.88. The molecule has 0 fully saturated rings. The van der Waals surface area contributed by atoms with Gasteiger partial charge in [0.15, 0.2) is 0 Å². The van der Waals surface area contributed by atoms with Gasteiger partial charge in [-0.3, -0.25) is 9.59 Å². The number of fused-ring (bicyclic) bond motifs is 1. The van der Waals surface area contributed by atoms with Crippen molar-refractivity contribution in [2.45, 2.75) is 19.4 Å². The van der Waals surface area contributed by atoms with Gasteiger partial charge in [0.05, 0.1) is 12.1 Å². The zero-order valence-corrected chi connectivity index (χ0v) is 10.9. The van der Waals surface area contributed by atoms with E-state index in [4.69, 9.17) is 5.11 Å². The summed E-state index contributed by atoms with van der Waals surface area (Å²) in [6.45, 7) is 3.16. The molecule has 5 heteroatoms. The predicted molar refractivity (Wildman–Crippen MR) is 73.2 cm³/mol. The summed E-state index contributed by atoms with van der Waals surface area (Å²) >= 11 is 0. The second kappa shape index (κ2) is 4.85. The number of para-hydroxylation sites is 1. The number of H-pyrrole nitrogens is 1. The number of carbonyl (C=O) groups is 1. The molecule has 0 aliphatic carbocycles. The molecule has 2 rings (SSSR count). The number of aliphatic hydroxyl groups excluding tert-OH is 1. The van der Waals surface area contributed by atoms with E-state index in [-0.39, 0.29) is 17.6 Å². The Morgan fingerprint density at radius 2 is 2.05 bits per heavy atom. The first-order chi connectivity index (χ1) is 8.94. The normalized spacial score (nSPS) is 11.5. The molecule has 0 aliphatic rings. The topological polar surface area (TPSA) is 82.2 Å². The lowest BCUT2D eigenvalue weighted by Crippen LogP contribution is -2.47. The molecule has 1 amide bonds. The Balaban J connectivity index is 2.44. The Morgan fingerprint density at radius 3 is 2.74 bits per heavy atom. The summed E-state index contributed by atoms with van der Waals surface area (Å²) in [5.74, 6) is -0.494. The highest BCUT2D eigenvalue weighted by molar-refractivity contribution is 5.97. The molecule has 1 aromatic carbocycles. The largest absolute Gasteiger partial charge is 0.394 e. The lowest BCUT2D eigenvalue weighted by Gasteiger charge is -2.23. The van der Waals surface area contributed by atoms with Crippen molar-refractivity contribution in [2.24, 2.45) is 0 Å². The Bertz CT molecular complexity index is 674. The summed E-state index contributed by atoms with van der Waals surface area (Å²) in [6, 6.07) is 7.00. The van der Waals surface area contributed by atoms with E-state index < -0.39 is 11.4 Å². The fraction of sp³-hybridized carbons (Fsp3) is 0.286. The smallest absolute Gasteiger partial charge is 0.257 e. The highest BCUT2D eigenvalue weighted by Gasteiger charge is 2.22. The number of amides is 1. The number of pyridine rings is 1. The number of benzene rings is 1. The van der Waals surface area contributed by atoms with E-state index in [1.807, 2.05) is 6.07 Å². The van der Waals surface area contributed by atoms with Gasteiger partial charge in [-0.1, -0.05) is 12.1 Å². The van der Waals surface area contributed by atoms with E-state index >= 15 is 0 Å². The number of hydrogen-bond acceptors (Lipinski definition) is 3. The van der Waals surface area contributed by atoms with Gasteiger partial charge >= 0.3 is 0 Å². The molecule has 1 aromatic heterocycles. The van der Waals surface area contributed by atoms with Crippen molar-refractivity contribution >= 4 is 16.8 Å². The number of nitrogens with one attached hydrogen (secondary N) is 2. The van der Waals surface area contributed by atoms with E-state index in [1.165, 1.54) is 6.20 Å². The average molecular weight is 260 g/mol. The van der Waals surface area contributed by atoms with Crippen LogP contribution < -0.4 is 10.7 Å². The summed E-state index contributed by atoms with van der Waals surface area (Å²) < 4.78 is 0. The van der Waals surface area contributed by atoms with Crippen LogP contribution in [0.15, 0.2) is 35.3 Å². The molecular weight excluding hydrogens is 244 g/mol. The molecule has 100 valence electrons. The molecule has 0 unspecified atom stereocenters. The van der Waals surface area contributed by atoms with Crippen molar-refractivity contribution in [2.75, 3.05) is 6.61 Å². The van der Waals surface area contributed by atoms with Gasteiger partial charge < -0.3 is 15.4 Å². The lowest BCUT2D eigenvalue weighted by molar-refractivity contribution is 0.0868. The van der Waals surface area contributed by atoms with Gasteiger partial charge in [-0.05, 0) is 26.0 Å². The molecule has 0 bridgehead atoms. The van der Waals surface area contributed by atoms with Crippen LogP contribution in [0.4, 0.5) is 0 Å². The first-order valence-corrected chi connectivity index (χ1v) is 5.98. The van der Waals surface area contributed by atoms with Gasteiger partial charge in [0.2, 0.25) is 5.43 Å². The molecule has 0 atom stereocenters. The molecule has 0 radical (unpaired) electrons. The zero-order chi connectivity index (χ0) is 14.0. The maximum Gasteiger partial charge on any atom is 0.257 e. The average Bonchev–Trinajstić information content (AvgIpc) is 2.39. The van der Waals surface area contributed by atoms with Gasteiger partial charge in [-0.2, -0.15) is 0 Å². The maximum absolute atomic E-state index is 12.2. The van der Waals surface area contributed by atoms with E-state index in [9.17, 15) is 9.59 Å². The van der Waals surface area contributed by atoms with Crippen molar-refractivity contribution in [1.82, 2.24) is 10.3 Å². The molecular formula is C14H16N2O3. The SMILES string of the molecule is CC(C)(CO)NC(=O)c1c[nH]c2ccccc2c1=O.